The molecule has 1 aliphatic heterocycles. The number of nitrogens with one attached hydrogen (secondary N) is 2. The van der Waals surface area contributed by atoms with Gasteiger partial charge in [0, 0.05) is 31.0 Å². The van der Waals surface area contributed by atoms with Crippen molar-refractivity contribution in [2.75, 3.05) is 6.54 Å². The fraction of sp³-hybridized carbons (Fsp3) is 0.167. The van der Waals surface area contributed by atoms with Gasteiger partial charge in [-0.2, -0.15) is 4.31 Å². The molecule has 9 heteroatoms. The van der Waals surface area contributed by atoms with E-state index in [9.17, 15) is 8.42 Å². The van der Waals surface area contributed by atoms with E-state index in [1.165, 1.54) is 10.4 Å². The van der Waals surface area contributed by atoms with Gasteiger partial charge in [0.1, 0.15) is 5.75 Å². The molecule has 1 unspecified atom stereocenters. The van der Waals surface area contributed by atoms with Gasteiger partial charge in [-0.25, -0.2) is 8.42 Å². The van der Waals surface area contributed by atoms with Gasteiger partial charge in [0.05, 0.1) is 5.70 Å². The summed E-state index contributed by atoms with van der Waals surface area (Å²) in [5.41, 5.74) is 7.13. The van der Waals surface area contributed by atoms with Gasteiger partial charge in [-0.3, -0.25) is 10.4 Å². The Bertz CT molecular complexity index is 1250. The molecule has 0 saturated heterocycles. The molecule has 33 heavy (non-hydrogen) atoms. The third kappa shape index (κ3) is 5.39. The normalized spacial score (nSPS) is 15.3. The van der Waals surface area contributed by atoms with Crippen LogP contribution in [0.25, 0.3) is 5.70 Å². The molecule has 2 aromatic carbocycles. The van der Waals surface area contributed by atoms with Gasteiger partial charge in [-0.05, 0) is 41.8 Å². The highest BCUT2D eigenvalue weighted by Crippen LogP contribution is 2.33. The van der Waals surface area contributed by atoms with E-state index in [2.05, 4.69) is 10.3 Å². The van der Waals surface area contributed by atoms with Crippen LogP contribution in [-0.2, 0) is 23.0 Å². The highest BCUT2D eigenvalue weighted by atomic mass is 32.2. The van der Waals surface area contributed by atoms with E-state index in [0.29, 0.717) is 23.4 Å². The fourth-order valence-corrected chi connectivity index (χ4v) is 5.12. The highest BCUT2D eigenvalue weighted by Gasteiger charge is 2.36. The van der Waals surface area contributed by atoms with Crippen molar-refractivity contribution in [3.63, 3.8) is 0 Å². The fourth-order valence-electron chi connectivity index (χ4n) is 3.61. The summed E-state index contributed by atoms with van der Waals surface area (Å²) in [6.07, 6.45) is 5.31. The van der Waals surface area contributed by atoms with Crippen molar-refractivity contribution in [3.05, 3.63) is 102 Å². The molecule has 2 heterocycles. The minimum absolute atomic E-state index is 0.161. The largest absolute Gasteiger partial charge is 0.468 e. The van der Waals surface area contributed by atoms with E-state index in [1.807, 2.05) is 36.4 Å². The van der Waals surface area contributed by atoms with Gasteiger partial charge >= 0.3 is 0 Å². The van der Waals surface area contributed by atoms with E-state index >= 15 is 0 Å². The SMILES string of the molecule is N=C(N)NC1=CC(S(=O)(=O)N(CCc2ccccc2)Cc2cccnc2)Oc2ccccc21. The minimum Gasteiger partial charge on any atom is -0.468 e. The standard InChI is InChI=1S/C24H25N5O3S/c25-24(26)28-21-15-23(32-22-11-5-4-10-20(21)22)33(30,31)29(17-19-9-6-13-27-16-19)14-12-18-7-2-1-3-8-18/h1-11,13,15-16,23H,12,14,17H2,(H4,25,26,28). The predicted octanol–water partition coefficient (Wildman–Crippen LogP) is 2.70. The second kappa shape index (κ2) is 9.85. The van der Waals surface area contributed by atoms with Crippen LogP contribution in [0.2, 0.25) is 0 Å². The first-order chi connectivity index (χ1) is 15.9. The Hall–Kier alpha value is -3.69. The van der Waals surface area contributed by atoms with Gasteiger partial charge in [0.25, 0.3) is 10.0 Å². The smallest absolute Gasteiger partial charge is 0.256 e. The van der Waals surface area contributed by atoms with Crippen LogP contribution >= 0.6 is 0 Å². The maximum atomic E-state index is 13.8. The number of benzene rings is 2. The van der Waals surface area contributed by atoms with Gasteiger partial charge in [-0.1, -0.05) is 48.5 Å². The number of ether oxygens (including phenoxy) is 1. The summed E-state index contributed by atoms with van der Waals surface area (Å²) in [6.45, 7) is 0.430. The monoisotopic (exact) mass is 463 g/mol. The maximum Gasteiger partial charge on any atom is 0.256 e. The molecule has 170 valence electrons. The summed E-state index contributed by atoms with van der Waals surface area (Å²) in [7, 11) is -3.95. The molecule has 0 amide bonds. The molecular formula is C24H25N5O3S. The Morgan fingerprint density at radius 2 is 1.79 bits per heavy atom. The summed E-state index contributed by atoms with van der Waals surface area (Å²) in [5.74, 6) is 0.118. The van der Waals surface area contributed by atoms with Gasteiger partial charge in [-0.15, -0.1) is 0 Å². The van der Waals surface area contributed by atoms with Crippen LogP contribution in [0, 0.1) is 5.41 Å². The van der Waals surface area contributed by atoms with Gasteiger partial charge in [0.2, 0.25) is 5.44 Å². The van der Waals surface area contributed by atoms with Crippen molar-refractivity contribution in [1.29, 1.82) is 5.41 Å². The van der Waals surface area contributed by atoms with Crippen LogP contribution in [-0.4, -0.2) is 35.6 Å². The molecular weight excluding hydrogens is 438 g/mol. The predicted molar refractivity (Wildman–Crippen MR) is 128 cm³/mol. The highest BCUT2D eigenvalue weighted by molar-refractivity contribution is 7.89. The number of rotatable bonds is 8. The first kappa shape index (κ1) is 22.5. The summed E-state index contributed by atoms with van der Waals surface area (Å²) in [4.78, 5) is 4.11. The number of nitrogens with two attached hydrogens (primary N) is 1. The molecule has 0 bridgehead atoms. The third-order valence-corrected chi connectivity index (χ3v) is 7.07. The van der Waals surface area contributed by atoms with Crippen LogP contribution in [0.1, 0.15) is 16.7 Å². The average molecular weight is 464 g/mol. The number of hydrogen-bond acceptors (Lipinski definition) is 5. The lowest BCUT2D eigenvalue weighted by Crippen LogP contribution is -2.43. The van der Waals surface area contributed by atoms with Crippen LogP contribution in [0.5, 0.6) is 5.75 Å². The van der Waals surface area contributed by atoms with Crippen molar-refractivity contribution in [1.82, 2.24) is 14.6 Å². The van der Waals surface area contributed by atoms with E-state index in [-0.39, 0.29) is 19.0 Å². The molecule has 1 aliphatic rings. The van der Waals surface area contributed by atoms with Crippen molar-refractivity contribution in [3.8, 4) is 5.75 Å². The molecule has 0 fully saturated rings. The molecule has 1 aromatic heterocycles. The molecule has 4 N–H and O–H groups in total. The molecule has 0 radical (unpaired) electrons. The number of sulfonamides is 1. The molecule has 0 aliphatic carbocycles. The summed E-state index contributed by atoms with van der Waals surface area (Å²) in [5, 5.41) is 10.3. The zero-order chi connectivity index (χ0) is 23.3. The summed E-state index contributed by atoms with van der Waals surface area (Å²) >= 11 is 0. The summed E-state index contributed by atoms with van der Waals surface area (Å²) < 4.78 is 34.9. The Morgan fingerprint density at radius 1 is 1.06 bits per heavy atom. The number of aromatic nitrogens is 1. The number of pyridine rings is 1. The average Bonchev–Trinajstić information content (AvgIpc) is 2.82. The quantitative estimate of drug-likeness (QED) is 0.349. The number of guanidine groups is 1. The molecule has 4 rings (SSSR count). The van der Waals surface area contributed by atoms with Crippen molar-refractivity contribution < 1.29 is 13.2 Å². The van der Waals surface area contributed by atoms with Gasteiger partial charge < -0.3 is 15.8 Å². The zero-order valence-corrected chi connectivity index (χ0v) is 18.7. The lowest BCUT2D eigenvalue weighted by Gasteiger charge is -2.30. The molecule has 8 nitrogen and oxygen atoms in total. The number of nitrogens with zero attached hydrogens (tertiary/aromatic N) is 2. The second-order valence-corrected chi connectivity index (χ2v) is 9.59. The second-order valence-electron chi connectivity index (χ2n) is 7.58. The Balaban J connectivity index is 1.66. The minimum atomic E-state index is -3.95. The first-order valence-electron chi connectivity index (χ1n) is 10.4. The molecule has 1 atom stereocenters. The van der Waals surface area contributed by atoms with Crippen molar-refractivity contribution >= 4 is 21.7 Å². The number of hydrogen-bond donors (Lipinski definition) is 3. The van der Waals surface area contributed by atoms with Crippen molar-refractivity contribution in [2.45, 2.75) is 18.4 Å². The van der Waals surface area contributed by atoms with Crippen LogP contribution in [0.3, 0.4) is 0 Å². The zero-order valence-electron chi connectivity index (χ0n) is 17.9. The Labute approximate surface area is 193 Å². The lowest BCUT2D eigenvalue weighted by atomic mass is 10.1. The van der Waals surface area contributed by atoms with E-state index in [0.717, 1.165) is 11.1 Å². The molecule has 3 aromatic rings. The number of fused-ring (bicyclic) bond motifs is 1. The van der Waals surface area contributed by atoms with E-state index < -0.39 is 15.5 Å². The van der Waals surface area contributed by atoms with E-state index in [1.54, 1.807) is 42.7 Å². The topological polar surface area (TPSA) is 121 Å². The molecule has 0 spiro atoms. The third-order valence-electron chi connectivity index (χ3n) is 5.22. The van der Waals surface area contributed by atoms with Crippen LogP contribution in [0.4, 0.5) is 0 Å². The molecule has 0 saturated carbocycles. The van der Waals surface area contributed by atoms with Crippen molar-refractivity contribution in [2.24, 2.45) is 5.73 Å². The Kier molecular flexibility index (Phi) is 6.71. The van der Waals surface area contributed by atoms with E-state index in [4.69, 9.17) is 15.9 Å². The van der Waals surface area contributed by atoms with Crippen LogP contribution < -0.4 is 15.8 Å². The Morgan fingerprint density at radius 3 is 2.52 bits per heavy atom. The lowest BCUT2D eigenvalue weighted by molar-refractivity contribution is 0.288. The maximum absolute atomic E-state index is 13.8. The first-order valence-corrected chi connectivity index (χ1v) is 11.9. The summed E-state index contributed by atoms with van der Waals surface area (Å²) in [6, 6.07) is 20.4. The van der Waals surface area contributed by atoms with Gasteiger partial charge in [0.15, 0.2) is 5.96 Å². The number of para-hydroxylation sites is 1. The van der Waals surface area contributed by atoms with Crippen LogP contribution in [0.15, 0.2) is 85.2 Å².